The number of nitrogens with zero attached hydrogens (tertiary/aromatic N) is 1. The molecule has 0 aromatic heterocycles. The lowest BCUT2D eigenvalue weighted by Crippen LogP contribution is -2.31. The highest BCUT2D eigenvalue weighted by molar-refractivity contribution is 7.80. The minimum atomic E-state index is 0.424. The first kappa shape index (κ1) is 23.0. The average molecular weight is 430 g/mol. The average Bonchev–Trinajstić information content (AvgIpc) is 2.78. The van der Waals surface area contributed by atoms with Gasteiger partial charge in [0.25, 0.3) is 0 Å². The molecule has 0 bridgehead atoms. The summed E-state index contributed by atoms with van der Waals surface area (Å²) in [4.78, 5) is 0. The second kappa shape index (κ2) is 13.1. The second-order valence-electron chi connectivity index (χ2n) is 5.98. The van der Waals surface area contributed by atoms with E-state index in [4.69, 9.17) is 31.2 Å². The summed E-state index contributed by atoms with van der Waals surface area (Å²) in [5.41, 5.74) is 3.58. The molecule has 0 aliphatic carbocycles. The molecule has 160 valence electrons. The molecule has 2 N–H and O–H groups in total. The minimum Gasteiger partial charge on any atom is -0.493 e. The van der Waals surface area contributed by atoms with Crippen LogP contribution in [-0.2, 0) is 0 Å². The maximum Gasteiger partial charge on any atom is 0.187 e. The topological polar surface area (TPSA) is 73.3 Å². The summed E-state index contributed by atoms with van der Waals surface area (Å²) in [6.45, 7) is 5.19. The van der Waals surface area contributed by atoms with Gasteiger partial charge in [-0.15, -0.1) is 6.58 Å². The van der Waals surface area contributed by atoms with Gasteiger partial charge in [0, 0.05) is 13.0 Å². The highest BCUT2D eigenvalue weighted by atomic mass is 32.1. The van der Waals surface area contributed by atoms with Crippen molar-refractivity contribution >= 4 is 23.5 Å². The van der Waals surface area contributed by atoms with Crippen LogP contribution in [0.15, 0.2) is 60.2 Å². The van der Waals surface area contributed by atoms with Crippen LogP contribution in [0.2, 0.25) is 0 Å². The lowest BCUT2D eigenvalue weighted by molar-refractivity contribution is 0.234. The van der Waals surface area contributed by atoms with Crippen LogP contribution in [0.25, 0.3) is 0 Å². The van der Waals surface area contributed by atoms with Crippen LogP contribution in [-0.4, -0.2) is 45.3 Å². The van der Waals surface area contributed by atoms with E-state index < -0.39 is 0 Å². The molecule has 0 spiro atoms. The normalized spacial score (nSPS) is 10.3. The van der Waals surface area contributed by atoms with Gasteiger partial charge in [-0.2, -0.15) is 5.10 Å². The molecular formula is C22H27N3O4S. The van der Waals surface area contributed by atoms with Crippen molar-refractivity contribution in [1.29, 1.82) is 0 Å². The number of para-hydroxylation sites is 2. The molecule has 30 heavy (non-hydrogen) atoms. The summed E-state index contributed by atoms with van der Waals surface area (Å²) in [7, 11) is 3.22. The molecule has 7 nitrogen and oxygen atoms in total. The summed E-state index contributed by atoms with van der Waals surface area (Å²) < 4.78 is 22.3. The van der Waals surface area contributed by atoms with Crippen molar-refractivity contribution in [2.24, 2.45) is 5.10 Å². The maximum absolute atomic E-state index is 5.83. The van der Waals surface area contributed by atoms with Crippen molar-refractivity contribution in [2.45, 2.75) is 6.42 Å². The van der Waals surface area contributed by atoms with Crippen LogP contribution < -0.4 is 29.7 Å². The second-order valence-corrected chi connectivity index (χ2v) is 6.39. The molecule has 0 saturated carbocycles. The van der Waals surface area contributed by atoms with Crippen LogP contribution in [0.3, 0.4) is 0 Å². The van der Waals surface area contributed by atoms with E-state index in [1.807, 2.05) is 42.5 Å². The van der Waals surface area contributed by atoms with Crippen LogP contribution in [0.5, 0.6) is 23.0 Å². The van der Waals surface area contributed by atoms with Gasteiger partial charge in [-0.3, -0.25) is 5.43 Å². The Morgan fingerprint density at radius 2 is 1.67 bits per heavy atom. The maximum atomic E-state index is 5.83. The molecule has 0 aliphatic rings. The Kier molecular flexibility index (Phi) is 10.0. The summed E-state index contributed by atoms with van der Waals surface area (Å²) in [5.74, 6) is 2.71. The molecule has 2 aromatic rings. The van der Waals surface area contributed by atoms with Crippen molar-refractivity contribution in [2.75, 3.05) is 34.0 Å². The number of hydrazone groups is 1. The number of benzene rings is 2. The molecule has 0 atom stereocenters. The third-order valence-electron chi connectivity index (χ3n) is 3.85. The van der Waals surface area contributed by atoms with E-state index in [2.05, 4.69) is 22.4 Å². The Hall–Kier alpha value is -3.26. The lowest BCUT2D eigenvalue weighted by atomic mass is 10.2. The fraction of sp³-hybridized carbons (Fsp3) is 0.273. The number of methoxy groups -OCH3 is 2. The van der Waals surface area contributed by atoms with Crippen molar-refractivity contribution in [3.8, 4) is 23.0 Å². The van der Waals surface area contributed by atoms with Gasteiger partial charge in [0.05, 0.1) is 33.6 Å². The zero-order valence-corrected chi connectivity index (χ0v) is 18.0. The predicted octanol–water partition coefficient (Wildman–Crippen LogP) is 3.54. The smallest absolute Gasteiger partial charge is 0.187 e. The van der Waals surface area contributed by atoms with Gasteiger partial charge >= 0.3 is 0 Å². The number of nitrogens with one attached hydrogen (secondary N) is 2. The quantitative estimate of drug-likeness (QED) is 0.176. The first-order chi connectivity index (χ1) is 14.7. The zero-order valence-electron chi connectivity index (χ0n) is 17.2. The molecule has 2 rings (SSSR count). The van der Waals surface area contributed by atoms with Crippen LogP contribution >= 0.6 is 12.2 Å². The molecule has 0 fully saturated rings. The van der Waals surface area contributed by atoms with Gasteiger partial charge < -0.3 is 24.3 Å². The van der Waals surface area contributed by atoms with E-state index in [0.29, 0.717) is 54.3 Å². The highest BCUT2D eigenvalue weighted by Gasteiger charge is 2.06. The van der Waals surface area contributed by atoms with Crippen molar-refractivity contribution < 1.29 is 18.9 Å². The first-order valence-corrected chi connectivity index (χ1v) is 9.83. The third-order valence-corrected chi connectivity index (χ3v) is 4.08. The van der Waals surface area contributed by atoms with Crippen LogP contribution in [0.1, 0.15) is 12.0 Å². The Morgan fingerprint density at radius 1 is 1.00 bits per heavy atom. The van der Waals surface area contributed by atoms with Crippen LogP contribution in [0, 0.1) is 0 Å². The molecule has 0 saturated heterocycles. The molecule has 0 unspecified atom stereocenters. The van der Waals surface area contributed by atoms with Crippen molar-refractivity contribution in [3.63, 3.8) is 0 Å². The van der Waals surface area contributed by atoms with Crippen molar-refractivity contribution in [1.82, 2.24) is 10.7 Å². The number of thiocarbonyl (C=S) groups is 1. The Balaban J connectivity index is 1.80. The molecular weight excluding hydrogens is 402 g/mol. The SMILES string of the molecule is C=CCNC(=S)N/N=C/c1ccc(OCCCOc2ccccc2OC)c(OC)c1. The van der Waals surface area contributed by atoms with Gasteiger partial charge in [0.1, 0.15) is 0 Å². The van der Waals surface area contributed by atoms with Gasteiger partial charge in [-0.1, -0.05) is 18.2 Å². The zero-order chi connectivity index (χ0) is 21.6. The summed E-state index contributed by atoms with van der Waals surface area (Å²) >= 11 is 5.07. The van der Waals surface area contributed by atoms with Crippen molar-refractivity contribution in [3.05, 3.63) is 60.7 Å². The van der Waals surface area contributed by atoms with Gasteiger partial charge in [-0.05, 0) is 48.1 Å². The van der Waals surface area contributed by atoms with Gasteiger partial charge in [0.15, 0.2) is 28.1 Å². The Bertz CT molecular complexity index is 858. The standard InChI is InChI=1S/C22H27N3O4S/c1-4-12-23-22(30)25-24-16-17-10-11-20(21(15-17)27-3)29-14-7-13-28-19-9-6-5-8-18(19)26-2/h4-6,8-11,15-16H,1,7,12-14H2,2-3H3,(H2,23,25,30)/b24-16+. The van der Waals surface area contributed by atoms with E-state index in [1.165, 1.54) is 0 Å². The van der Waals surface area contributed by atoms with E-state index >= 15 is 0 Å². The third kappa shape index (κ3) is 7.63. The van der Waals surface area contributed by atoms with Gasteiger partial charge in [0.2, 0.25) is 0 Å². The summed E-state index contributed by atoms with van der Waals surface area (Å²) in [6.07, 6.45) is 4.07. The van der Waals surface area contributed by atoms with Crippen LogP contribution in [0.4, 0.5) is 0 Å². The minimum absolute atomic E-state index is 0.424. The molecule has 2 aromatic carbocycles. The fourth-order valence-corrected chi connectivity index (χ4v) is 2.55. The summed E-state index contributed by atoms with van der Waals surface area (Å²) in [5, 5.41) is 7.44. The molecule has 0 radical (unpaired) electrons. The molecule has 0 aliphatic heterocycles. The number of hydrogen-bond acceptors (Lipinski definition) is 6. The number of hydrogen-bond donors (Lipinski definition) is 2. The van der Waals surface area contributed by atoms with E-state index in [1.54, 1.807) is 26.5 Å². The Labute approximate surface area is 182 Å². The lowest BCUT2D eigenvalue weighted by Gasteiger charge is -2.12. The van der Waals surface area contributed by atoms with E-state index in [-0.39, 0.29) is 0 Å². The summed E-state index contributed by atoms with van der Waals surface area (Å²) in [6, 6.07) is 13.1. The predicted molar refractivity (Wildman–Crippen MR) is 123 cm³/mol. The largest absolute Gasteiger partial charge is 0.493 e. The molecule has 0 heterocycles. The first-order valence-electron chi connectivity index (χ1n) is 9.42. The number of rotatable bonds is 12. The number of ether oxygens (including phenoxy) is 4. The molecule has 8 heteroatoms. The Morgan fingerprint density at radius 3 is 2.33 bits per heavy atom. The van der Waals surface area contributed by atoms with E-state index in [0.717, 1.165) is 5.56 Å². The van der Waals surface area contributed by atoms with Gasteiger partial charge in [-0.25, -0.2) is 0 Å². The monoisotopic (exact) mass is 429 g/mol. The highest BCUT2D eigenvalue weighted by Crippen LogP contribution is 2.28. The fourth-order valence-electron chi connectivity index (χ4n) is 2.41. The molecule has 0 amide bonds. The van der Waals surface area contributed by atoms with E-state index in [9.17, 15) is 0 Å².